The molecule has 0 aromatic carbocycles. The summed E-state index contributed by atoms with van der Waals surface area (Å²) >= 11 is 0. The van der Waals surface area contributed by atoms with Gasteiger partial charge in [-0.15, -0.1) is 0 Å². The molecule has 2 aliphatic rings. The van der Waals surface area contributed by atoms with E-state index in [1.54, 1.807) is 6.42 Å². The third kappa shape index (κ3) is 3.00. The second-order valence-corrected chi connectivity index (χ2v) is 6.45. The van der Waals surface area contributed by atoms with E-state index in [4.69, 9.17) is 0 Å². The molecule has 0 atom stereocenters. The van der Waals surface area contributed by atoms with E-state index in [-0.39, 0.29) is 0 Å². The van der Waals surface area contributed by atoms with Crippen molar-refractivity contribution in [1.82, 2.24) is 4.90 Å². The highest BCUT2D eigenvalue weighted by molar-refractivity contribution is 4.84. The van der Waals surface area contributed by atoms with E-state index in [1.807, 2.05) is 0 Å². The van der Waals surface area contributed by atoms with Crippen molar-refractivity contribution in [1.29, 1.82) is 0 Å². The number of hydrogen-bond acceptors (Lipinski definition) is 1. The molecule has 0 spiro atoms. The first kappa shape index (κ1) is 12.4. The number of nitrogens with zero attached hydrogens (tertiary/aromatic N) is 1. The van der Waals surface area contributed by atoms with E-state index in [0.29, 0.717) is 0 Å². The average Bonchev–Trinajstić information content (AvgIpc) is 2.23. The summed E-state index contributed by atoms with van der Waals surface area (Å²) in [4.78, 5) is 2.61. The third-order valence-corrected chi connectivity index (χ3v) is 5.04. The van der Waals surface area contributed by atoms with E-state index in [1.165, 1.54) is 45.3 Å². The Balaban J connectivity index is 1.62. The Kier molecular flexibility index (Phi) is 4.29. The van der Waals surface area contributed by atoms with Gasteiger partial charge in [0.1, 0.15) is 0 Å². The second-order valence-electron chi connectivity index (χ2n) is 6.45. The molecule has 2 rings (SSSR count). The maximum atomic E-state index is 2.61. The van der Waals surface area contributed by atoms with Crippen LogP contribution in [0.15, 0.2) is 0 Å². The molecule has 1 heteroatoms. The van der Waals surface area contributed by atoms with Crippen LogP contribution in [0.2, 0.25) is 0 Å². The normalized spacial score (nSPS) is 33.0. The molecular formula is C15H29N. The molecule has 16 heavy (non-hydrogen) atoms. The molecule has 0 bridgehead atoms. The highest BCUT2D eigenvalue weighted by atomic mass is 15.1. The van der Waals surface area contributed by atoms with Gasteiger partial charge >= 0.3 is 0 Å². The van der Waals surface area contributed by atoms with Crippen molar-refractivity contribution in [3.63, 3.8) is 0 Å². The summed E-state index contributed by atoms with van der Waals surface area (Å²) in [6, 6.07) is 0. The van der Waals surface area contributed by atoms with Crippen molar-refractivity contribution in [2.24, 2.45) is 23.7 Å². The second kappa shape index (κ2) is 5.53. The zero-order chi connectivity index (χ0) is 11.5. The summed E-state index contributed by atoms with van der Waals surface area (Å²) in [6.45, 7) is 11.1. The van der Waals surface area contributed by atoms with Crippen LogP contribution in [-0.4, -0.2) is 24.5 Å². The van der Waals surface area contributed by atoms with Crippen molar-refractivity contribution < 1.29 is 0 Å². The van der Waals surface area contributed by atoms with Crippen molar-refractivity contribution in [2.45, 2.75) is 52.9 Å². The van der Waals surface area contributed by atoms with Gasteiger partial charge in [0.2, 0.25) is 0 Å². The third-order valence-electron chi connectivity index (χ3n) is 5.04. The van der Waals surface area contributed by atoms with E-state index in [9.17, 15) is 0 Å². The molecule has 0 radical (unpaired) electrons. The number of rotatable bonds is 4. The maximum Gasteiger partial charge on any atom is -0.00162 e. The molecule has 0 amide bonds. The molecule has 0 aromatic heterocycles. The van der Waals surface area contributed by atoms with Gasteiger partial charge in [-0.2, -0.15) is 0 Å². The Morgan fingerprint density at radius 1 is 1.06 bits per heavy atom. The predicted molar refractivity (Wildman–Crippen MR) is 70.5 cm³/mol. The summed E-state index contributed by atoms with van der Waals surface area (Å²) < 4.78 is 0. The average molecular weight is 223 g/mol. The van der Waals surface area contributed by atoms with Crippen molar-refractivity contribution in [3.8, 4) is 0 Å². The largest absolute Gasteiger partial charge is 0.304 e. The van der Waals surface area contributed by atoms with Gasteiger partial charge in [0.05, 0.1) is 0 Å². The quantitative estimate of drug-likeness (QED) is 0.701. The highest BCUT2D eigenvalue weighted by Crippen LogP contribution is 2.43. The van der Waals surface area contributed by atoms with Crippen molar-refractivity contribution >= 4 is 0 Å². The van der Waals surface area contributed by atoms with Crippen molar-refractivity contribution in [3.05, 3.63) is 0 Å². The van der Waals surface area contributed by atoms with Crippen LogP contribution < -0.4 is 0 Å². The Hall–Kier alpha value is -0.0400. The van der Waals surface area contributed by atoms with E-state index in [2.05, 4.69) is 25.7 Å². The number of piperidine rings is 1. The Bertz CT molecular complexity index is 197. The summed E-state index contributed by atoms with van der Waals surface area (Å²) in [5, 5.41) is 0. The Morgan fingerprint density at radius 2 is 1.69 bits per heavy atom. The van der Waals surface area contributed by atoms with Crippen molar-refractivity contribution in [2.75, 3.05) is 19.6 Å². The van der Waals surface area contributed by atoms with Crippen LogP contribution in [0, 0.1) is 23.7 Å². The minimum absolute atomic E-state index is 0.929. The maximum absolute atomic E-state index is 2.61. The van der Waals surface area contributed by atoms with Crippen LogP contribution in [-0.2, 0) is 0 Å². The molecular weight excluding hydrogens is 194 g/mol. The number of hydrogen-bond donors (Lipinski definition) is 0. The lowest BCUT2D eigenvalue weighted by molar-refractivity contribution is 0.0944. The SMILES string of the molecule is CCN1CCC(CC2CC(C(C)C)C2)CC1. The van der Waals surface area contributed by atoms with Gasteiger partial charge in [0, 0.05) is 0 Å². The molecule has 0 unspecified atom stereocenters. The van der Waals surface area contributed by atoms with E-state index < -0.39 is 0 Å². The fourth-order valence-corrected chi connectivity index (χ4v) is 3.53. The lowest BCUT2D eigenvalue weighted by Crippen LogP contribution is -2.36. The van der Waals surface area contributed by atoms with Crippen LogP contribution in [0.3, 0.4) is 0 Å². The topological polar surface area (TPSA) is 3.24 Å². The van der Waals surface area contributed by atoms with Crippen LogP contribution >= 0.6 is 0 Å². The zero-order valence-electron chi connectivity index (χ0n) is 11.4. The van der Waals surface area contributed by atoms with Crippen LogP contribution in [0.1, 0.15) is 52.9 Å². The molecule has 0 aromatic rings. The first-order valence-corrected chi connectivity index (χ1v) is 7.41. The van der Waals surface area contributed by atoms with Gasteiger partial charge in [-0.1, -0.05) is 20.8 Å². The van der Waals surface area contributed by atoms with Gasteiger partial charge in [-0.3, -0.25) is 0 Å². The van der Waals surface area contributed by atoms with Gasteiger partial charge in [-0.05, 0) is 75.4 Å². The summed E-state index contributed by atoms with van der Waals surface area (Å²) in [5.41, 5.74) is 0. The fourth-order valence-electron chi connectivity index (χ4n) is 3.53. The zero-order valence-corrected chi connectivity index (χ0v) is 11.4. The Labute approximate surface area is 102 Å². The van der Waals surface area contributed by atoms with Crippen LogP contribution in [0.4, 0.5) is 0 Å². The lowest BCUT2D eigenvalue weighted by Gasteiger charge is -2.41. The van der Waals surface area contributed by atoms with E-state index >= 15 is 0 Å². The summed E-state index contributed by atoms with van der Waals surface area (Å²) in [5.74, 6) is 4.13. The molecule has 1 saturated carbocycles. The molecule has 0 N–H and O–H groups in total. The fraction of sp³-hybridized carbons (Fsp3) is 1.00. The van der Waals surface area contributed by atoms with Crippen LogP contribution in [0.5, 0.6) is 0 Å². The van der Waals surface area contributed by atoms with Gasteiger partial charge in [0.15, 0.2) is 0 Å². The molecule has 94 valence electrons. The minimum Gasteiger partial charge on any atom is -0.304 e. The first-order valence-electron chi connectivity index (χ1n) is 7.41. The summed E-state index contributed by atoms with van der Waals surface area (Å²) in [6.07, 6.45) is 7.55. The standard InChI is InChI=1S/C15H29N/c1-4-16-7-5-13(6-8-16)9-14-10-15(11-14)12(2)3/h12-15H,4-11H2,1-3H3. The Morgan fingerprint density at radius 3 is 2.19 bits per heavy atom. The molecule has 1 heterocycles. The van der Waals surface area contributed by atoms with E-state index in [0.717, 1.165) is 23.7 Å². The molecule has 1 aliphatic carbocycles. The smallest absolute Gasteiger partial charge is 0.00162 e. The molecule has 1 aliphatic heterocycles. The molecule has 2 fully saturated rings. The monoisotopic (exact) mass is 223 g/mol. The number of likely N-dealkylation sites (tertiary alicyclic amines) is 1. The minimum atomic E-state index is 0.929. The predicted octanol–water partition coefficient (Wildman–Crippen LogP) is 3.79. The molecule has 1 nitrogen and oxygen atoms in total. The molecule has 1 saturated heterocycles. The summed E-state index contributed by atoms with van der Waals surface area (Å²) in [7, 11) is 0. The van der Waals surface area contributed by atoms with Gasteiger partial charge < -0.3 is 4.90 Å². The van der Waals surface area contributed by atoms with Crippen LogP contribution in [0.25, 0.3) is 0 Å². The van der Waals surface area contributed by atoms with Gasteiger partial charge in [0.25, 0.3) is 0 Å². The van der Waals surface area contributed by atoms with Gasteiger partial charge in [-0.25, -0.2) is 0 Å². The first-order chi connectivity index (χ1) is 7.69. The lowest BCUT2D eigenvalue weighted by atomic mass is 9.66. The highest BCUT2D eigenvalue weighted by Gasteiger charge is 2.33.